The number of piperidine rings is 1. The van der Waals surface area contributed by atoms with Crippen molar-refractivity contribution in [3.8, 4) is 0 Å². The lowest BCUT2D eigenvalue weighted by molar-refractivity contribution is -0.132. The van der Waals surface area contributed by atoms with Gasteiger partial charge in [0.1, 0.15) is 0 Å². The topological polar surface area (TPSA) is 44.8 Å². The Balaban J connectivity index is 0.00000169. The van der Waals surface area contributed by atoms with Gasteiger partial charge in [0.2, 0.25) is 5.91 Å². The van der Waals surface area contributed by atoms with Crippen LogP contribution in [-0.2, 0) is 9.53 Å². The molecule has 3 atom stereocenters. The van der Waals surface area contributed by atoms with E-state index in [1.807, 2.05) is 4.90 Å². The van der Waals surface area contributed by atoms with Gasteiger partial charge < -0.3 is 19.9 Å². The van der Waals surface area contributed by atoms with Crippen molar-refractivity contribution in [1.29, 1.82) is 0 Å². The number of fused-ring (bicyclic) bond motifs is 2. The normalized spacial score (nSPS) is 30.2. The molecule has 0 radical (unpaired) electrons. The number of hydrogen-bond acceptors (Lipinski definition) is 4. The highest BCUT2D eigenvalue weighted by molar-refractivity contribution is 5.85. The number of carbonyl (C=O) groups is 1. The van der Waals surface area contributed by atoms with Crippen LogP contribution in [0, 0.1) is 5.92 Å². The first-order chi connectivity index (χ1) is 11.7. The van der Waals surface area contributed by atoms with E-state index >= 15 is 0 Å². The maximum absolute atomic E-state index is 12.6. The van der Waals surface area contributed by atoms with Gasteiger partial charge in [0.25, 0.3) is 0 Å². The number of carbonyl (C=O) groups excluding carboxylic acids is 1. The Labute approximate surface area is 171 Å². The third kappa shape index (κ3) is 6.52. The van der Waals surface area contributed by atoms with Crippen molar-refractivity contribution >= 4 is 30.7 Å². The lowest BCUT2D eigenvalue weighted by atomic mass is 9.89. The smallest absolute Gasteiger partial charge is 0.222 e. The predicted molar refractivity (Wildman–Crippen MR) is 111 cm³/mol. The van der Waals surface area contributed by atoms with E-state index in [4.69, 9.17) is 4.74 Å². The molecule has 3 fully saturated rings. The van der Waals surface area contributed by atoms with Crippen molar-refractivity contribution in [2.45, 2.75) is 70.6 Å². The molecular weight excluding hydrogens is 373 g/mol. The highest BCUT2D eigenvalue weighted by Crippen LogP contribution is 2.33. The molecule has 2 bridgehead atoms. The fraction of sp³-hybridized carbons (Fsp3) is 0.947. The quantitative estimate of drug-likeness (QED) is 0.669. The SMILES string of the molecule is CCN(CC)CCOC1CCN(C(=O)CC2CC3CCC(C2)N3)C1.Cl.Cl. The lowest BCUT2D eigenvalue weighted by Crippen LogP contribution is -2.40. The first-order valence-corrected chi connectivity index (χ1v) is 10.1. The van der Waals surface area contributed by atoms with E-state index in [0.717, 1.165) is 52.2 Å². The lowest BCUT2D eigenvalue weighted by Gasteiger charge is -2.30. The van der Waals surface area contributed by atoms with Gasteiger partial charge in [-0.1, -0.05) is 13.8 Å². The second-order valence-corrected chi connectivity index (χ2v) is 7.83. The monoisotopic (exact) mass is 409 g/mol. The number of halogens is 2. The minimum atomic E-state index is 0. The molecule has 3 heterocycles. The minimum Gasteiger partial charge on any atom is -0.375 e. The van der Waals surface area contributed by atoms with Crippen molar-refractivity contribution < 1.29 is 9.53 Å². The zero-order valence-corrected chi connectivity index (χ0v) is 18.0. The third-order valence-electron chi connectivity index (χ3n) is 6.19. The largest absolute Gasteiger partial charge is 0.375 e. The second kappa shape index (κ2) is 11.7. The van der Waals surface area contributed by atoms with Gasteiger partial charge in [0, 0.05) is 38.1 Å². The van der Waals surface area contributed by atoms with Crippen molar-refractivity contribution in [3.05, 3.63) is 0 Å². The molecule has 3 aliphatic heterocycles. The van der Waals surface area contributed by atoms with Crippen LogP contribution in [0.2, 0.25) is 0 Å². The molecule has 26 heavy (non-hydrogen) atoms. The molecule has 1 amide bonds. The highest BCUT2D eigenvalue weighted by atomic mass is 35.5. The molecule has 0 aromatic rings. The van der Waals surface area contributed by atoms with Crippen LogP contribution in [0.15, 0.2) is 0 Å². The molecule has 1 N–H and O–H groups in total. The third-order valence-corrected chi connectivity index (χ3v) is 6.19. The van der Waals surface area contributed by atoms with Gasteiger partial charge >= 0.3 is 0 Å². The summed E-state index contributed by atoms with van der Waals surface area (Å²) >= 11 is 0. The minimum absolute atomic E-state index is 0. The molecule has 0 aliphatic carbocycles. The highest BCUT2D eigenvalue weighted by Gasteiger charge is 2.35. The summed E-state index contributed by atoms with van der Waals surface area (Å²) in [5.41, 5.74) is 0. The number of nitrogens with one attached hydrogen (secondary N) is 1. The Morgan fingerprint density at radius 3 is 2.38 bits per heavy atom. The summed E-state index contributed by atoms with van der Waals surface area (Å²) in [6, 6.07) is 1.35. The maximum Gasteiger partial charge on any atom is 0.222 e. The zero-order chi connectivity index (χ0) is 16.9. The van der Waals surface area contributed by atoms with Crippen LogP contribution in [-0.4, -0.2) is 73.2 Å². The molecule has 154 valence electrons. The molecule has 0 aromatic carbocycles. The number of amides is 1. The molecule has 0 aromatic heterocycles. The molecular formula is C19H37Cl2N3O2. The Morgan fingerprint density at radius 2 is 1.77 bits per heavy atom. The summed E-state index contributed by atoms with van der Waals surface area (Å²) in [4.78, 5) is 17.0. The second-order valence-electron chi connectivity index (χ2n) is 7.83. The number of likely N-dealkylation sites (tertiary alicyclic amines) is 1. The van der Waals surface area contributed by atoms with E-state index in [2.05, 4.69) is 24.1 Å². The molecule has 0 saturated carbocycles. The van der Waals surface area contributed by atoms with Gasteiger partial charge in [-0.25, -0.2) is 0 Å². The standard InChI is InChI=1S/C19H35N3O2.2ClH/c1-3-21(4-2)9-10-24-18-7-8-22(14-18)19(23)13-15-11-16-5-6-17(12-15)20-16;;/h15-18,20H,3-14H2,1-2H3;2*1H. The van der Waals surface area contributed by atoms with Crippen molar-refractivity contribution in [2.75, 3.05) is 39.3 Å². The van der Waals surface area contributed by atoms with Crippen molar-refractivity contribution in [2.24, 2.45) is 5.92 Å². The Kier molecular flexibility index (Phi) is 10.8. The van der Waals surface area contributed by atoms with Crippen LogP contribution in [0.25, 0.3) is 0 Å². The summed E-state index contributed by atoms with van der Waals surface area (Å²) in [7, 11) is 0. The van der Waals surface area contributed by atoms with Crippen molar-refractivity contribution in [3.63, 3.8) is 0 Å². The van der Waals surface area contributed by atoms with Gasteiger partial charge in [-0.15, -0.1) is 24.8 Å². The van der Waals surface area contributed by atoms with Crippen LogP contribution in [0.1, 0.15) is 52.4 Å². The molecule has 3 rings (SSSR count). The number of nitrogens with zero attached hydrogens (tertiary/aromatic N) is 2. The summed E-state index contributed by atoms with van der Waals surface area (Å²) in [6.45, 7) is 9.99. The summed E-state index contributed by atoms with van der Waals surface area (Å²) in [5, 5.41) is 3.66. The Morgan fingerprint density at radius 1 is 1.12 bits per heavy atom. The van der Waals surface area contributed by atoms with Crippen LogP contribution in [0.3, 0.4) is 0 Å². The van der Waals surface area contributed by atoms with Gasteiger partial charge in [-0.2, -0.15) is 0 Å². The molecule has 3 saturated heterocycles. The zero-order valence-electron chi connectivity index (χ0n) is 16.3. The Bertz CT molecular complexity index is 412. The number of rotatable bonds is 8. The summed E-state index contributed by atoms with van der Waals surface area (Å²) in [6.07, 6.45) is 7.00. The van der Waals surface area contributed by atoms with E-state index < -0.39 is 0 Å². The van der Waals surface area contributed by atoms with Crippen LogP contribution in [0.5, 0.6) is 0 Å². The average Bonchev–Trinajstić information content (AvgIpc) is 3.18. The van der Waals surface area contributed by atoms with Gasteiger partial charge in [0.15, 0.2) is 0 Å². The van der Waals surface area contributed by atoms with E-state index in [9.17, 15) is 4.79 Å². The number of likely N-dealkylation sites (N-methyl/N-ethyl adjacent to an activating group) is 1. The first kappa shape index (κ1) is 24.0. The molecule has 0 spiro atoms. The molecule has 3 unspecified atom stereocenters. The van der Waals surface area contributed by atoms with E-state index in [1.54, 1.807) is 0 Å². The van der Waals surface area contributed by atoms with E-state index in [-0.39, 0.29) is 30.9 Å². The van der Waals surface area contributed by atoms with Crippen LogP contribution >= 0.6 is 24.8 Å². The fourth-order valence-electron chi connectivity index (χ4n) is 4.70. The van der Waals surface area contributed by atoms with E-state index in [1.165, 1.54) is 25.7 Å². The molecule has 3 aliphatic rings. The Hall–Kier alpha value is -0.0700. The maximum atomic E-state index is 12.6. The molecule has 5 nitrogen and oxygen atoms in total. The summed E-state index contributed by atoms with van der Waals surface area (Å²) < 4.78 is 6.01. The number of ether oxygens (including phenoxy) is 1. The first-order valence-electron chi connectivity index (χ1n) is 10.1. The number of hydrogen-bond donors (Lipinski definition) is 1. The summed E-state index contributed by atoms with van der Waals surface area (Å²) in [5.74, 6) is 0.954. The molecule has 7 heteroatoms. The fourth-order valence-corrected chi connectivity index (χ4v) is 4.70. The van der Waals surface area contributed by atoms with Gasteiger partial charge in [0.05, 0.1) is 12.7 Å². The van der Waals surface area contributed by atoms with Gasteiger partial charge in [-0.3, -0.25) is 4.79 Å². The van der Waals surface area contributed by atoms with E-state index in [0.29, 0.717) is 23.9 Å². The predicted octanol–water partition coefficient (Wildman–Crippen LogP) is 2.71. The van der Waals surface area contributed by atoms with Crippen molar-refractivity contribution in [1.82, 2.24) is 15.1 Å². The average molecular weight is 410 g/mol. The van der Waals surface area contributed by atoms with Crippen LogP contribution in [0.4, 0.5) is 0 Å². The van der Waals surface area contributed by atoms with Crippen LogP contribution < -0.4 is 5.32 Å². The van der Waals surface area contributed by atoms with Gasteiger partial charge in [-0.05, 0) is 51.1 Å².